The minimum absolute atomic E-state index is 0.202. The summed E-state index contributed by atoms with van der Waals surface area (Å²) in [6.07, 6.45) is 0. The highest BCUT2D eigenvalue weighted by Gasteiger charge is 2.08. The van der Waals surface area contributed by atoms with Crippen molar-refractivity contribution >= 4 is 0 Å². The second kappa shape index (κ2) is 8.61. The Morgan fingerprint density at radius 2 is 2.11 bits per heavy atom. The molecular formula is C14H19F2NO2. The third-order valence-electron chi connectivity index (χ3n) is 2.28. The predicted molar refractivity (Wildman–Crippen MR) is 70.4 cm³/mol. The van der Waals surface area contributed by atoms with Gasteiger partial charge in [0.2, 0.25) is 0 Å². The van der Waals surface area contributed by atoms with Crippen molar-refractivity contribution in [1.29, 1.82) is 0 Å². The van der Waals surface area contributed by atoms with Gasteiger partial charge < -0.3 is 14.8 Å². The van der Waals surface area contributed by atoms with E-state index in [-0.39, 0.29) is 5.75 Å². The molecule has 0 radical (unpaired) electrons. The van der Waals surface area contributed by atoms with E-state index in [4.69, 9.17) is 4.74 Å². The van der Waals surface area contributed by atoms with Gasteiger partial charge >= 0.3 is 6.61 Å². The molecule has 1 N–H and O–H groups in total. The van der Waals surface area contributed by atoms with Crippen LogP contribution >= 0.6 is 0 Å². The Morgan fingerprint density at radius 1 is 1.37 bits per heavy atom. The SMILES string of the molecule is C=C(C)COCCNCc1ccccc1OC(F)F. The fourth-order valence-corrected chi connectivity index (χ4v) is 1.47. The first kappa shape index (κ1) is 15.6. The average molecular weight is 271 g/mol. The number of ether oxygens (including phenoxy) is 2. The molecule has 0 aliphatic heterocycles. The molecule has 1 aromatic rings. The molecule has 5 heteroatoms. The fraction of sp³-hybridized carbons (Fsp3) is 0.429. The van der Waals surface area contributed by atoms with Crippen molar-refractivity contribution in [2.45, 2.75) is 20.1 Å². The van der Waals surface area contributed by atoms with Gasteiger partial charge in [0.1, 0.15) is 5.75 Å². The summed E-state index contributed by atoms with van der Waals surface area (Å²) in [5, 5.41) is 3.11. The Kier molecular flexibility index (Phi) is 7.07. The lowest BCUT2D eigenvalue weighted by atomic mass is 10.2. The van der Waals surface area contributed by atoms with Crippen molar-refractivity contribution in [3.63, 3.8) is 0 Å². The van der Waals surface area contributed by atoms with Crippen LogP contribution in [0.25, 0.3) is 0 Å². The summed E-state index contributed by atoms with van der Waals surface area (Å²) >= 11 is 0. The molecule has 0 spiro atoms. The summed E-state index contributed by atoms with van der Waals surface area (Å²) in [7, 11) is 0. The van der Waals surface area contributed by atoms with Crippen molar-refractivity contribution in [3.8, 4) is 5.75 Å². The number of benzene rings is 1. The third kappa shape index (κ3) is 6.88. The van der Waals surface area contributed by atoms with Gasteiger partial charge in [0.05, 0.1) is 13.2 Å². The zero-order valence-corrected chi connectivity index (χ0v) is 11.0. The van der Waals surface area contributed by atoms with Crippen LogP contribution in [-0.4, -0.2) is 26.4 Å². The highest BCUT2D eigenvalue weighted by molar-refractivity contribution is 5.33. The summed E-state index contributed by atoms with van der Waals surface area (Å²) in [4.78, 5) is 0. The third-order valence-corrected chi connectivity index (χ3v) is 2.28. The van der Waals surface area contributed by atoms with Gasteiger partial charge in [-0.1, -0.05) is 30.4 Å². The molecule has 1 rings (SSSR count). The van der Waals surface area contributed by atoms with Crippen molar-refractivity contribution in [2.75, 3.05) is 19.8 Å². The molecule has 0 saturated carbocycles. The molecule has 0 aromatic heterocycles. The van der Waals surface area contributed by atoms with Crippen molar-refractivity contribution in [2.24, 2.45) is 0 Å². The number of rotatable bonds is 9. The molecule has 3 nitrogen and oxygen atoms in total. The second-order valence-corrected chi connectivity index (χ2v) is 4.17. The van der Waals surface area contributed by atoms with Crippen molar-refractivity contribution in [3.05, 3.63) is 42.0 Å². The standard InChI is InChI=1S/C14H19F2NO2/c1-11(2)10-18-8-7-17-9-12-5-3-4-6-13(12)19-14(15)16/h3-6,14,17H,1,7-10H2,2H3. The van der Waals surface area contributed by atoms with Crippen molar-refractivity contribution < 1.29 is 18.3 Å². The van der Waals surface area contributed by atoms with Gasteiger partial charge in [0.25, 0.3) is 0 Å². The van der Waals surface area contributed by atoms with Crippen molar-refractivity contribution in [1.82, 2.24) is 5.32 Å². The molecule has 0 aliphatic rings. The number of hydrogen-bond acceptors (Lipinski definition) is 3. The molecule has 106 valence electrons. The van der Waals surface area contributed by atoms with Crippen LogP contribution in [0.4, 0.5) is 8.78 Å². The summed E-state index contributed by atoms with van der Waals surface area (Å²) < 4.78 is 34.1. The zero-order valence-electron chi connectivity index (χ0n) is 11.0. The van der Waals surface area contributed by atoms with E-state index < -0.39 is 6.61 Å². The van der Waals surface area contributed by atoms with E-state index >= 15 is 0 Å². The molecule has 0 atom stereocenters. The summed E-state index contributed by atoms with van der Waals surface area (Å²) in [6.45, 7) is 4.99. The normalized spacial score (nSPS) is 10.7. The quantitative estimate of drug-likeness (QED) is 0.553. The van der Waals surface area contributed by atoms with Gasteiger partial charge in [-0.25, -0.2) is 0 Å². The van der Waals surface area contributed by atoms with Gasteiger partial charge in [0, 0.05) is 18.7 Å². The Balaban J connectivity index is 2.30. The van der Waals surface area contributed by atoms with E-state index in [1.165, 1.54) is 6.07 Å². The first-order valence-electron chi connectivity index (χ1n) is 6.05. The lowest BCUT2D eigenvalue weighted by molar-refractivity contribution is -0.0505. The number of alkyl halides is 2. The second-order valence-electron chi connectivity index (χ2n) is 4.17. The number of halogens is 2. The number of hydrogen-bond donors (Lipinski definition) is 1. The van der Waals surface area contributed by atoms with Crippen LogP contribution in [0.3, 0.4) is 0 Å². The number of nitrogens with one attached hydrogen (secondary N) is 1. The van der Waals surface area contributed by atoms with E-state index in [9.17, 15) is 8.78 Å². The fourth-order valence-electron chi connectivity index (χ4n) is 1.47. The monoisotopic (exact) mass is 271 g/mol. The van der Waals surface area contributed by atoms with Crippen LogP contribution in [-0.2, 0) is 11.3 Å². The van der Waals surface area contributed by atoms with E-state index in [2.05, 4.69) is 16.6 Å². The van der Waals surface area contributed by atoms with Gasteiger partial charge in [-0.2, -0.15) is 8.78 Å². The summed E-state index contributed by atoms with van der Waals surface area (Å²) in [5.41, 5.74) is 1.67. The van der Waals surface area contributed by atoms with Crippen LogP contribution in [0.2, 0.25) is 0 Å². The summed E-state index contributed by atoms with van der Waals surface area (Å²) in [5.74, 6) is 0.202. The van der Waals surface area contributed by atoms with Gasteiger partial charge in [-0.15, -0.1) is 0 Å². The maximum atomic E-state index is 12.2. The smallest absolute Gasteiger partial charge is 0.387 e. The Bertz CT molecular complexity index is 397. The first-order valence-corrected chi connectivity index (χ1v) is 6.05. The lowest BCUT2D eigenvalue weighted by Gasteiger charge is -2.11. The summed E-state index contributed by atoms with van der Waals surface area (Å²) in [6, 6.07) is 6.73. The molecule has 0 amide bonds. The van der Waals surface area contributed by atoms with Gasteiger partial charge in [-0.05, 0) is 13.0 Å². The average Bonchev–Trinajstić information content (AvgIpc) is 2.34. The highest BCUT2D eigenvalue weighted by Crippen LogP contribution is 2.19. The molecule has 0 saturated heterocycles. The molecule has 0 bridgehead atoms. The van der Waals surface area contributed by atoms with E-state index in [1.54, 1.807) is 18.2 Å². The first-order chi connectivity index (χ1) is 9.09. The molecule has 0 unspecified atom stereocenters. The Labute approximate surface area is 112 Å². The Morgan fingerprint density at radius 3 is 2.79 bits per heavy atom. The Hall–Kier alpha value is -1.46. The molecule has 0 fully saturated rings. The van der Waals surface area contributed by atoms with Crippen LogP contribution in [0.1, 0.15) is 12.5 Å². The largest absolute Gasteiger partial charge is 0.434 e. The zero-order chi connectivity index (χ0) is 14.1. The van der Waals surface area contributed by atoms with Crippen LogP contribution in [0, 0.1) is 0 Å². The highest BCUT2D eigenvalue weighted by atomic mass is 19.3. The molecule has 0 heterocycles. The van der Waals surface area contributed by atoms with Crippen LogP contribution in [0.15, 0.2) is 36.4 Å². The van der Waals surface area contributed by atoms with Gasteiger partial charge in [-0.3, -0.25) is 0 Å². The maximum absolute atomic E-state index is 12.2. The van der Waals surface area contributed by atoms with Crippen LogP contribution < -0.4 is 10.1 Å². The molecule has 1 aromatic carbocycles. The maximum Gasteiger partial charge on any atom is 0.387 e. The van der Waals surface area contributed by atoms with E-state index in [0.717, 1.165) is 5.57 Å². The molecular weight excluding hydrogens is 252 g/mol. The number of para-hydroxylation sites is 1. The topological polar surface area (TPSA) is 30.5 Å². The van der Waals surface area contributed by atoms with E-state index in [1.807, 2.05) is 6.92 Å². The van der Waals surface area contributed by atoms with Crippen LogP contribution in [0.5, 0.6) is 5.75 Å². The minimum atomic E-state index is -2.81. The lowest BCUT2D eigenvalue weighted by Crippen LogP contribution is -2.20. The molecule has 19 heavy (non-hydrogen) atoms. The van der Waals surface area contributed by atoms with Gasteiger partial charge in [0.15, 0.2) is 0 Å². The minimum Gasteiger partial charge on any atom is -0.434 e. The molecule has 0 aliphatic carbocycles. The predicted octanol–water partition coefficient (Wildman–Crippen LogP) is 2.97. The van der Waals surface area contributed by atoms with E-state index in [0.29, 0.717) is 31.9 Å².